The molecule has 0 N–H and O–H groups in total. The molecule has 0 aliphatic carbocycles. The maximum Gasteiger partial charge on any atom is 0.269 e. The van der Waals surface area contributed by atoms with E-state index in [1.165, 1.54) is 17.8 Å². The van der Waals surface area contributed by atoms with Crippen LogP contribution in [0.4, 0.5) is 5.69 Å². The smallest absolute Gasteiger partial charge is 0.269 e. The Labute approximate surface area is 137 Å². The average molecular weight is 326 g/mol. The Hall–Kier alpha value is -2.67. The number of aryl methyl sites for hydroxylation is 1. The highest BCUT2D eigenvalue weighted by Crippen LogP contribution is 2.26. The third kappa shape index (κ3) is 3.40. The quantitative estimate of drug-likeness (QED) is 0.405. The Morgan fingerprint density at radius 2 is 1.91 bits per heavy atom. The lowest BCUT2D eigenvalue weighted by molar-refractivity contribution is -0.384. The Bertz CT molecular complexity index is 833. The third-order valence-corrected chi connectivity index (χ3v) is 4.30. The number of nitrogens with zero attached hydrogens (tertiary/aromatic N) is 4. The predicted molar refractivity (Wildman–Crippen MR) is 88.8 cm³/mol. The molecular formula is C16H14N4O2S. The fourth-order valence-electron chi connectivity index (χ4n) is 2.22. The van der Waals surface area contributed by atoms with Gasteiger partial charge in [0.2, 0.25) is 0 Å². The van der Waals surface area contributed by atoms with E-state index in [1.807, 2.05) is 47.9 Å². The molecule has 0 bridgehead atoms. The van der Waals surface area contributed by atoms with E-state index < -0.39 is 0 Å². The summed E-state index contributed by atoms with van der Waals surface area (Å²) in [6.07, 6.45) is 0. The van der Waals surface area contributed by atoms with Crippen LogP contribution < -0.4 is 0 Å². The minimum atomic E-state index is -0.384. The van der Waals surface area contributed by atoms with E-state index in [2.05, 4.69) is 10.2 Å². The summed E-state index contributed by atoms with van der Waals surface area (Å²) in [5.41, 5.74) is 1.98. The van der Waals surface area contributed by atoms with E-state index in [0.29, 0.717) is 5.75 Å². The van der Waals surface area contributed by atoms with E-state index in [4.69, 9.17) is 0 Å². The number of non-ortho nitro benzene ring substituents is 1. The normalized spacial score (nSPS) is 10.7. The summed E-state index contributed by atoms with van der Waals surface area (Å²) in [6, 6.07) is 16.5. The molecule has 1 heterocycles. The van der Waals surface area contributed by atoms with Gasteiger partial charge in [-0.2, -0.15) is 0 Å². The molecule has 0 radical (unpaired) electrons. The van der Waals surface area contributed by atoms with E-state index >= 15 is 0 Å². The van der Waals surface area contributed by atoms with Crippen LogP contribution in [-0.4, -0.2) is 19.7 Å². The monoisotopic (exact) mass is 326 g/mol. The van der Waals surface area contributed by atoms with Crippen molar-refractivity contribution in [1.29, 1.82) is 0 Å². The molecule has 3 rings (SSSR count). The van der Waals surface area contributed by atoms with Crippen molar-refractivity contribution >= 4 is 17.4 Å². The van der Waals surface area contributed by atoms with Gasteiger partial charge < -0.3 is 0 Å². The van der Waals surface area contributed by atoms with E-state index in [0.717, 1.165) is 22.2 Å². The van der Waals surface area contributed by atoms with Crippen LogP contribution in [0.1, 0.15) is 11.4 Å². The lowest BCUT2D eigenvalue weighted by atomic mass is 10.2. The van der Waals surface area contributed by atoms with Crippen molar-refractivity contribution in [3.8, 4) is 5.69 Å². The van der Waals surface area contributed by atoms with Crippen LogP contribution in [0.25, 0.3) is 5.69 Å². The van der Waals surface area contributed by atoms with Gasteiger partial charge in [-0.15, -0.1) is 10.2 Å². The zero-order valence-corrected chi connectivity index (χ0v) is 13.2. The molecule has 0 saturated heterocycles. The standard InChI is InChI=1S/C16H14N4O2S/c1-12-17-18-16(19(12)14-7-3-2-4-8-14)23-11-13-6-5-9-15(10-13)20(21)22/h2-10H,11H2,1H3. The van der Waals surface area contributed by atoms with Gasteiger partial charge in [0, 0.05) is 23.6 Å². The molecule has 0 atom stereocenters. The van der Waals surface area contributed by atoms with Crippen molar-refractivity contribution in [3.63, 3.8) is 0 Å². The van der Waals surface area contributed by atoms with E-state index in [1.54, 1.807) is 12.1 Å². The first-order valence-electron chi connectivity index (χ1n) is 6.99. The zero-order chi connectivity index (χ0) is 16.2. The molecule has 0 saturated carbocycles. The van der Waals surface area contributed by atoms with Crippen LogP contribution >= 0.6 is 11.8 Å². The lowest BCUT2D eigenvalue weighted by Crippen LogP contribution is -1.99. The van der Waals surface area contributed by atoms with Gasteiger partial charge in [-0.05, 0) is 24.6 Å². The molecule has 2 aromatic carbocycles. The summed E-state index contributed by atoms with van der Waals surface area (Å²) in [5, 5.41) is 19.9. The second-order valence-corrected chi connectivity index (χ2v) is 5.86. The predicted octanol–water partition coefficient (Wildman–Crippen LogP) is 3.78. The zero-order valence-electron chi connectivity index (χ0n) is 12.4. The number of thioether (sulfide) groups is 1. The molecule has 116 valence electrons. The van der Waals surface area contributed by atoms with E-state index in [-0.39, 0.29) is 10.6 Å². The Balaban J connectivity index is 1.82. The first kappa shape index (κ1) is 15.2. The van der Waals surface area contributed by atoms with Crippen LogP contribution in [0.2, 0.25) is 0 Å². The van der Waals surface area contributed by atoms with Crippen molar-refractivity contribution in [2.45, 2.75) is 17.8 Å². The summed E-state index contributed by atoms with van der Waals surface area (Å²) in [5.74, 6) is 1.39. The first-order valence-corrected chi connectivity index (χ1v) is 7.97. The number of aromatic nitrogens is 3. The Kier molecular flexibility index (Phi) is 4.38. The van der Waals surface area contributed by atoms with Gasteiger partial charge in [-0.1, -0.05) is 42.1 Å². The molecule has 23 heavy (non-hydrogen) atoms. The van der Waals surface area contributed by atoms with Crippen LogP contribution in [0, 0.1) is 17.0 Å². The van der Waals surface area contributed by atoms with Crippen molar-refractivity contribution in [3.05, 3.63) is 76.1 Å². The number of hydrogen-bond acceptors (Lipinski definition) is 5. The fourth-order valence-corrected chi connectivity index (χ4v) is 3.16. The molecule has 0 spiro atoms. The van der Waals surface area contributed by atoms with Crippen molar-refractivity contribution in [2.24, 2.45) is 0 Å². The van der Waals surface area contributed by atoms with Crippen molar-refractivity contribution < 1.29 is 4.92 Å². The Morgan fingerprint density at radius 1 is 1.13 bits per heavy atom. The number of hydrogen-bond donors (Lipinski definition) is 0. The SMILES string of the molecule is Cc1nnc(SCc2cccc([N+](=O)[O-])c2)n1-c1ccccc1. The summed E-state index contributed by atoms with van der Waals surface area (Å²) in [6.45, 7) is 1.90. The number of rotatable bonds is 5. The van der Waals surface area contributed by atoms with Gasteiger partial charge >= 0.3 is 0 Å². The summed E-state index contributed by atoms with van der Waals surface area (Å²) in [4.78, 5) is 10.5. The second-order valence-electron chi connectivity index (χ2n) is 4.92. The largest absolute Gasteiger partial charge is 0.274 e. The number of nitro groups is 1. The third-order valence-electron chi connectivity index (χ3n) is 3.30. The Morgan fingerprint density at radius 3 is 2.65 bits per heavy atom. The van der Waals surface area contributed by atoms with Gasteiger partial charge in [-0.25, -0.2) is 0 Å². The van der Waals surface area contributed by atoms with Crippen LogP contribution in [-0.2, 0) is 5.75 Å². The molecule has 0 unspecified atom stereocenters. The molecular weight excluding hydrogens is 312 g/mol. The summed E-state index contributed by atoms with van der Waals surface area (Å²) >= 11 is 1.50. The van der Waals surface area contributed by atoms with Crippen LogP contribution in [0.15, 0.2) is 59.8 Å². The maximum atomic E-state index is 10.8. The minimum absolute atomic E-state index is 0.101. The maximum absolute atomic E-state index is 10.8. The number of para-hydroxylation sites is 1. The molecule has 0 aliphatic rings. The summed E-state index contributed by atoms with van der Waals surface area (Å²) in [7, 11) is 0. The minimum Gasteiger partial charge on any atom is -0.274 e. The van der Waals surface area contributed by atoms with Gasteiger partial charge in [0.1, 0.15) is 5.82 Å². The molecule has 6 nitrogen and oxygen atoms in total. The van der Waals surface area contributed by atoms with Crippen molar-refractivity contribution in [2.75, 3.05) is 0 Å². The molecule has 0 aliphatic heterocycles. The van der Waals surface area contributed by atoms with Gasteiger partial charge in [0.05, 0.1) is 4.92 Å². The average Bonchev–Trinajstić information content (AvgIpc) is 2.94. The topological polar surface area (TPSA) is 73.8 Å². The highest BCUT2D eigenvalue weighted by molar-refractivity contribution is 7.98. The first-order chi connectivity index (χ1) is 11.1. The highest BCUT2D eigenvalue weighted by Gasteiger charge is 2.12. The molecule has 7 heteroatoms. The number of nitro benzene ring substituents is 1. The van der Waals surface area contributed by atoms with Gasteiger partial charge in [0.15, 0.2) is 5.16 Å². The van der Waals surface area contributed by atoms with E-state index in [9.17, 15) is 10.1 Å². The van der Waals surface area contributed by atoms with Crippen LogP contribution in [0.5, 0.6) is 0 Å². The second kappa shape index (κ2) is 6.62. The number of benzene rings is 2. The van der Waals surface area contributed by atoms with Gasteiger partial charge in [0.25, 0.3) is 5.69 Å². The van der Waals surface area contributed by atoms with Crippen LogP contribution in [0.3, 0.4) is 0 Å². The molecule has 0 amide bonds. The molecule has 1 aromatic heterocycles. The van der Waals surface area contributed by atoms with Crippen molar-refractivity contribution in [1.82, 2.24) is 14.8 Å². The summed E-state index contributed by atoms with van der Waals surface area (Å²) < 4.78 is 1.97. The van der Waals surface area contributed by atoms with Gasteiger partial charge in [-0.3, -0.25) is 14.7 Å². The lowest BCUT2D eigenvalue weighted by Gasteiger charge is -2.08. The highest BCUT2D eigenvalue weighted by atomic mass is 32.2. The molecule has 3 aromatic rings. The molecule has 0 fully saturated rings. The fraction of sp³-hybridized carbons (Fsp3) is 0.125.